The van der Waals surface area contributed by atoms with Crippen LogP contribution in [-0.2, 0) is 0 Å². The molecule has 0 saturated heterocycles. The van der Waals surface area contributed by atoms with Crippen molar-refractivity contribution in [2.45, 2.75) is 0 Å². The average Bonchev–Trinajstić information content (AvgIpc) is 2.85. The molecule has 2 N–H and O–H groups in total. The minimum atomic E-state index is -1.12. The summed E-state index contributed by atoms with van der Waals surface area (Å²) in [6.45, 7) is 0. The first-order chi connectivity index (χ1) is 16.2. The third-order valence-corrected chi connectivity index (χ3v) is 4.60. The highest BCUT2D eigenvalue weighted by Crippen LogP contribution is 2.26. The van der Waals surface area contributed by atoms with Gasteiger partial charge in [-0.05, 0) is 36.4 Å². The normalized spacial score (nSPS) is 10.9. The van der Waals surface area contributed by atoms with Crippen molar-refractivity contribution in [1.82, 2.24) is 0 Å². The van der Waals surface area contributed by atoms with Gasteiger partial charge >= 0.3 is 5.97 Å². The Hall–Kier alpha value is -5.13. The van der Waals surface area contributed by atoms with Crippen molar-refractivity contribution >= 4 is 28.8 Å². The number of para-hydroxylation sites is 1. The minimum Gasteiger partial charge on any atom is -0.497 e. The number of Topliss-reactive ketones (excluding diaryl/α,β-unsaturated/α-hetero) is 1. The van der Waals surface area contributed by atoms with Crippen molar-refractivity contribution in [1.29, 1.82) is 0 Å². The molecule has 3 aromatic carbocycles. The van der Waals surface area contributed by atoms with Crippen LogP contribution in [0.25, 0.3) is 0 Å². The molecule has 12 heteroatoms. The van der Waals surface area contributed by atoms with Crippen LogP contribution in [0.1, 0.15) is 26.3 Å². The van der Waals surface area contributed by atoms with Crippen molar-refractivity contribution in [2.75, 3.05) is 7.11 Å². The maximum atomic E-state index is 13.0. The monoisotopic (exact) mass is 464 g/mol. The first-order valence-corrected chi connectivity index (χ1v) is 9.47. The second-order valence-corrected chi connectivity index (χ2v) is 6.67. The molecular formula is C22H16N4O8. The third kappa shape index (κ3) is 5.02. The zero-order valence-corrected chi connectivity index (χ0v) is 17.5. The van der Waals surface area contributed by atoms with E-state index in [0.717, 1.165) is 18.2 Å². The number of hydrogen-bond acceptors (Lipinski definition) is 10. The molecule has 0 saturated carbocycles. The van der Waals surface area contributed by atoms with E-state index in [0.29, 0.717) is 5.75 Å². The molecule has 12 nitrogen and oxygen atoms in total. The van der Waals surface area contributed by atoms with Crippen LogP contribution in [0.4, 0.5) is 11.4 Å². The smallest absolute Gasteiger partial charge is 0.344 e. The van der Waals surface area contributed by atoms with Crippen LogP contribution in [0.2, 0.25) is 0 Å². The molecule has 0 amide bonds. The third-order valence-electron chi connectivity index (χ3n) is 4.60. The number of non-ortho nitro benzene ring substituents is 2. The van der Waals surface area contributed by atoms with Crippen LogP contribution in [0, 0.1) is 20.2 Å². The lowest BCUT2D eigenvalue weighted by Gasteiger charge is -2.11. The molecule has 0 radical (unpaired) electrons. The number of nitro groups is 2. The number of nitrogens with zero attached hydrogens (tertiary/aromatic N) is 3. The van der Waals surface area contributed by atoms with Gasteiger partial charge in [0.1, 0.15) is 17.2 Å². The van der Waals surface area contributed by atoms with E-state index in [1.54, 1.807) is 18.2 Å². The van der Waals surface area contributed by atoms with E-state index in [4.69, 9.17) is 15.3 Å². The van der Waals surface area contributed by atoms with Gasteiger partial charge in [0.15, 0.2) is 0 Å². The second kappa shape index (κ2) is 9.99. The molecule has 0 fully saturated rings. The van der Waals surface area contributed by atoms with Gasteiger partial charge in [-0.3, -0.25) is 25.0 Å². The first-order valence-electron chi connectivity index (χ1n) is 9.47. The summed E-state index contributed by atoms with van der Waals surface area (Å²) in [4.78, 5) is 46.1. The summed E-state index contributed by atoms with van der Waals surface area (Å²) in [5.41, 5.74) is -1.66. The number of rotatable bonds is 8. The highest BCUT2D eigenvalue weighted by atomic mass is 16.6. The molecule has 34 heavy (non-hydrogen) atoms. The van der Waals surface area contributed by atoms with E-state index in [-0.39, 0.29) is 22.6 Å². The number of ketones is 1. The summed E-state index contributed by atoms with van der Waals surface area (Å²) in [6.07, 6.45) is 0. The van der Waals surface area contributed by atoms with E-state index in [9.17, 15) is 29.8 Å². The molecule has 0 bridgehead atoms. The summed E-state index contributed by atoms with van der Waals surface area (Å²) in [5.74, 6) is 4.18. The van der Waals surface area contributed by atoms with Crippen LogP contribution < -0.4 is 15.3 Å². The summed E-state index contributed by atoms with van der Waals surface area (Å²) in [6, 6.07) is 14.4. The fraction of sp³-hybridized carbons (Fsp3) is 0.0455. The van der Waals surface area contributed by atoms with Crippen molar-refractivity contribution in [3.8, 4) is 11.5 Å². The first kappa shape index (κ1) is 23.5. The zero-order chi connectivity index (χ0) is 24.8. The number of esters is 1. The zero-order valence-electron chi connectivity index (χ0n) is 17.5. The Bertz CT molecular complexity index is 1290. The van der Waals surface area contributed by atoms with Gasteiger partial charge in [0.25, 0.3) is 11.4 Å². The summed E-state index contributed by atoms with van der Waals surface area (Å²) >= 11 is 0. The van der Waals surface area contributed by atoms with Crippen LogP contribution >= 0.6 is 0 Å². The molecular weight excluding hydrogens is 448 g/mol. The number of carbonyl (C=O) groups is 2. The Balaban J connectivity index is 1.96. The van der Waals surface area contributed by atoms with Gasteiger partial charge in [0.05, 0.1) is 28.6 Å². The summed E-state index contributed by atoms with van der Waals surface area (Å²) in [5, 5.41) is 25.8. The van der Waals surface area contributed by atoms with Crippen LogP contribution in [0.15, 0.2) is 71.8 Å². The van der Waals surface area contributed by atoms with Gasteiger partial charge in [-0.25, -0.2) is 4.79 Å². The topological polar surface area (TPSA) is 177 Å². The number of nitrogens with two attached hydrogens (primary N) is 1. The summed E-state index contributed by atoms with van der Waals surface area (Å²) in [7, 11) is 1.48. The highest BCUT2D eigenvalue weighted by Gasteiger charge is 2.24. The van der Waals surface area contributed by atoms with E-state index >= 15 is 0 Å². The Morgan fingerprint density at radius 1 is 0.882 bits per heavy atom. The Morgan fingerprint density at radius 3 is 2.00 bits per heavy atom. The lowest BCUT2D eigenvalue weighted by Crippen LogP contribution is -2.20. The predicted molar refractivity (Wildman–Crippen MR) is 119 cm³/mol. The average molecular weight is 464 g/mol. The predicted octanol–water partition coefficient (Wildman–Crippen LogP) is 3.28. The molecule has 0 unspecified atom stereocenters. The maximum absolute atomic E-state index is 13.0. The van der Waals surface area contributed by atoms with E-state index in [1.165, 1.54) is 37.4 Å². The van der Waals surface area contributed by atoms with Gasteiger partial charge in [0, 0.05) is 23.3 Å². The number of carbonyl (C=O) groups excluding carboxylic acids is 2. The van der Waals surface area contributed by atoms with E-state index in [1.807, 2.05) is 0 Å². The number of nitro benzene ring substituents is 2. The van der Waals surface area contributed by atoms with Crippen molar-refractivity contribution in [3.63, 3.8) is 0 Å². The van der Waals surface area contributed by atoms with E-state index in [2.05, 4.69) is 5.10 Å². The van der Waals surface area contributed by atoms with Crippen LogP contribution in [0.5, 0.6) is 11.5 Å². The van der Waals surface area contributed by atoms with E-state index < -0.39 is 38.5 Å². The molecule has 0 heterocycles. The molecule has 3 rings (SSSR count). The Labute approximate surface area is 191 Å². The van der Waals surface area contributed by atoms with Gasteiger partial charge in [-0.15, -0.1) is 0 Å². The quantitative estimate of drug-likeness (QED) is 0.0996. The number of benzene rings is 3. The number of hydrogen-bond donors (Lipinski definition) is 1. The minimum absolute atomic E-state index is 0.0686. The molecule has 0 aliphatic rings. The van der Waals surface area contributed by atoms with Crippen LogP contribution in [-0.4, -0.2) is 34.4 Å². The van der Waals surface area contributed by atoms with Gasteiger partial charge in [0.2, 0.25) is 5.78 Å². The SMILES string of the molecule is COc1ccc(C(=O)/C(=N/N)c2ccccc2OC(=O)c2cc([N+](=O)[O-])cc([N+](=O)[O-])c2)cc1. The summed E-state index contributed by atoms with van der Waals surface area (Å²) < 4.78 is 10.4. The van der Waals surface area contributed by atoms with Crippen LogP contribution in [0.3, 0.4) is 0 Å². The molecule has 0 spiro atoms. The van der Waals surface area contributed by atoms with Crippen molar-refractivity contribution in [2.24, 2.45) is 10.9 Å². The maximum Gasteiger partial charge on any atom is 0.344 e. The highest BCUT2D eigenvalue weighted by molar-refractivity contribution is 6.51. The Morgan fingerprint density at radius 2 is 1.47 bits per heavy atom. The Kier molecular flexibility index (Phi) is 6.92. The molecule has 0 atom stereocenters. The molecule has 0 aromatic heterocycles. The van der Waals surface area contributed by atoms with Gasteiger partial charge in [-0.1, -0.05) is 12.1 Å². The molecule has 0 aliphatic carbocycles. The lowest BCUT2D eigenvalue weighted by atomic mass is 10.00. The largest absolute Gasteiger partial charge is 0.497 e. The fourth-order valence-corrected chi connectivity index (χ4v) is 2.96. The number of hydrazone groups is 1. The fourth-order valence-electron chi connectivity index (χ4n) is 2.96. The molecule has 3 aromatic rings. The second-order valence-electron chi connectivity index (χ2n) is 6.67. The van der Waals surface area contributed by atoms with Gasteiger partial charge < -0.3 is 15.3 Å². The number of methoxy groups -OCH3 is 1. The molecule has 172 valence electrons. The standard InChI is InChI=1S/C22H16N4O8/c1-33-17-8-6-13(7-9-17)21(27)20(24-23)18-4-2-3-5-19(18)34-22(28)14-10-15(25(29)30)12-16(11-14)26(31)32/h2-12H,23H2,1H3/b24-20+. The van der Waals surface area contributed by atoms with Gasteiger partial charge in [-0.2, -0.15) is 5.10 Å². The number of ether oxygens (including phenoxy) is 2. The molecule has 0 aliphatic heterocycles. The lowest BCUT2D eigenvalue weighted by molar-refractivity contribution is -0.394. The van der Waals surface area contributed by atoms with Crippen molar-refractivity contribution in [3.05, 3.63) is 104 Å². The van der Waals surface area contributed by atoms with Crippen molar-refractivity contribution < 1.29 is 28.9 Å².